The highest BCUT2D eigenvalue weighted by Gasteiger charge is 2.60. The highest BCUT2D eigenvalue weighted by Crippen LogP contribution is 2.46. The molecule has 2 heterocycles. The summed E-state index contributed by atoms with van der Waals surface area (Å²) in [6.45, 7) is 0.898. The van der Waals surface area contributed by atoms with Gasteiger partial charge in [-0.2, -0.15) is 0 Å². The molecule has 0 fully saturated rings. The number of nitrogens with zero attached hydrogens (tertiary/aromatic N) is 1. The predicted molar refractivity (Wildman–Crippen MR) is 83.9 cm³/mol. The maximum atomic E-state index is 11.0. The highest BCUT2D eigenvalue weighted by molar-refractivity contribution is 5.92. The minimum Gasteiger partial charge on any atom is -0.452 e. The Hall–Kier alpha value is -2.41. The van der Waals surface area contributed by atoms with Crippen molar-refractivity contribution in [3.05, 3.63) is 54.1 Å². The highest BCUT2D eigenvalue weighted by atomic mass is 16.7. The first-order chi connectivity index (χ1) is 11.0. The van der Waals surface area contributed by atoms with Crippen molar-refractivity contribution >= 4 is 5.84 Å². The molecule has 1 unspecified atom stereocenters. The van der Waals surface area contributed by atoms with Crippen LogP contribution >= 0.6 is 0 Å². The number of hydrogen-bond donors (Lipinski definition) is 4. The Bertz CT molecular complexity index is 788. The van der Waals surface area contributed by atoms with Crippen LogP contribution in [0.4, 0.5) is 0 Å². The molecule has 23 heavy (non-hydrogen) atoms. The maximum absolute atomic E-state index is 11.0. The third kappa shape index (κ3) is 1.96. The van der Waals surface area contributed by atoms with Gasteiger partial charge < -0.3 is 25.4 Å². The van der Waals surface area contributed by atoms with E-state index in [-0.39, 0.29) is 5.84 Å². The van der Waals surface area contributed by atoms with Crippen molar-refractivity contribution in [2.75, 3.05) is 13.1 Å². The number of rotatable bonds is 3. The molecule has 6 heteroatoms. The van der Waals surface area contributed by atoms with Crippen LogP contribution in [0.25, 0.3) is 11.1 Å². The fourth-order valence-electron chi connectivity index (χ4n) is 3.01. The van der Waals surface area contributed by atoms with Gasteiger partial charge in [0.25, 0.3) is 11.6 Å². The second-order valence-corrected chi connectivity index (χ2v) is 5.65. The van der Waals surface area contributed by atoms with Gasteiger partial charge in [-0.05, 0) is 23.3 Å². The number of ether oxygens (including phenoxy) is 1. The molecule has 4 rings (SSSR count). The van der Waals surface area contributed by atoms with Gasteiger partial charge in [0.2, 0.25) is 0 Å². The van der Waals surface area contributed by atoms with Gasteiger partial charge in [0.15, 0.2) is 5.84 Å². The van der Waals surface area contributed by atoms with Crippen molar-refractivity contribution in [1.82, 2.24) is 5.32 Å². The molecule has 0 spiro atoms. The summed E-state index contributed by atoms with van der Waals surface area (Å²) < 4.78 is 5.45. The molecule has 0 radical (unpaired) electrons. The minimum absolute atomic E-state index is 0.0959. The maximum Gasteiger partial charge on any atom is 0.298 e. The Morgan fingerprint density at radius 1 is 1.13 bits per heavy atom. The van der Waals surface area contributed by atoms with Crippen LogP contribution in [0.3, 0.4) is 0 Å². The van der Waals surface area contributed by atoms with E-state index in [9.17, 15) is 15.3 Å². The molecule has 0 amide bonds. The van der Waals surface area contributed by atoms with Crippen molar-refractivity contribution in [3.63, 3.8) is 0 Å². The molecule has 2 aromatic carbocycles. The Morgan fingerprint density at radius 2 is 1.91 bits per heavy atom. The molecule has 4 N–H and O–H groups in total. The van der Waals surface area contributed by atoms with Gasteiger partial charge in [0.1, 0.15) is 5.75 Å². The van der Waals surface area contributed by atoms with E-state index in [0.29, 0.717) is 30.0 Å². The number of aliphatic imine (C=N–C) groups is 1. The summed E-state index contributed by atoms with van der Waals surface area (Å²) in [5.74, 6) is -4.73. The zero-order chi connectivity index (χ0) is 16.1. The number of nitrogens with one attached hydrogen (secondary N) is 1. The summed E-state index contributed by atoms with van der Waals surface area (Å²) >= 11 is 0. The van der Waals surface area contributed by atoms with Crippen LogP contribution in [0.2, 0.25) is 0 Å². The van der Waals surface area contributed by atoms with Crippen LogP contribution in [0.1, 0.15) is 5.56 Å². The minimum atomic E-state index is -2.68. The van der Waals surface area contributed by atoms with Crippen molar-refractivity contribution < 1.29 is 20.1 Å². The molecular formula is C17H16N2O4. The van der Waals surface area contributed by atoms with Crippen molar-refractivity contribution in [2.24, 2.45) is 4.99 Å². The quantitative estimate of drug-likeness (QED) is 0.622. The molecule has 118 valence electrons. The normalized spacial score (nSPS) is 22.5. The Kier molecular flexibility index (Phi) is 2.96. The van der Waals surface area contributed by atoms with Crippen molar-refractivity contribution in [2.45, 2.75) is 11.6 Å². The summed E-state index contributed by atoms with van der Waals surface area (Å²) in [7, 11) is 0. The standard InChI is InChI=1S/C17H16N2O4/c20-16(21,15-18-8-9-19-15)17(22)14-10-12(23-17)6-7-13(14)11-4-2-1-3-5-11/h1-7,10,20-22H,8-9H2,(H,18,19). The van der Waals surface area contributed by atoms with Gasteiger partial charge in [-0.3, -0.25) is 4.99 Å². The van der Waals surface area contributed by atoms with Crippen LogP contribution in [-0.2, 0) is 5.79 Å². The van der Waals surface area contributed by atoms with E-state index in [4.69, 9.17) is 4.74 Å². The molecule has 0 aromatic heterocycles. The number of fused-ring (bicyclic) bond motifs is 2. The van der Waals surface area contributed by atoms with Gasteiger partial charge in [-0.25, -0.2) is 0 Å². The molecule has 0 saturated heterocycles. The van der Waals surface area contributed by atoms with Crippen LogP contribution in [-0.4, -0.2) is 40.0 Å². The molecule has 6 nitrogen and oxygen atoms in total. The fourth-order valence-corrected chi connectivity index (χ4v) is 3.01. The van der Waals surface area contributed by atoms with E-state index in [1.165, 1.54) is 0 Å². The van der Waals surface area contributed by atoms with Crippen LogP contribution in [0.5, 0.6) is 5.75 Å². The topological polar surface area (TPSA) is 94.3 Å². The average Bonchev–Trinajstić information content (AvgIpc) is 3.18. The van der Waals surface area contributed by atoms with Crippen LogP contribution in [0, 0.1) is 0 Å². The lowest BCUT2D eigenvalue weighted by molar-refractivity contribution is -0.313. The Morgan fingerprint density at radius 3 is 2.61 bits per heavy atom. The largest absolute Gasteiger partial charge is 0.452 e. The SMILES string of the molecule is OC(O)(C1=NCCN1)C1(O)Oc2ccc(-c3ccccc3)c1c2. The van der Waals surface area contributed by atoms with E-state index < -0.39 is 11.6 Å². The van der Waals surface area contributed by atoms with Crippen molar-refractivity contribution in [3.8, 4) is 16.9 Å². The second-order valence-electron chi connectivity index (χ2n) is 5.65. The van der Waals surface area contributed by atoms with Crippen LogP contribution < -0.4 is 10.1 Å². The predicted octanol–water partition coefficient (Wildman–Crippen LogP) is 0.574. The van der Waals surface area contributed by atoms with Crippen LogP contribution in [0.15, 0.2) is 53.5 Å². The molecule has 0 saturated carbocycles. The lowest BCUT2D eigenvalue weighted by atomic mass is 9.90. The summed E-state index contributed by atoms with van der Waals surface area (Å²) in [4.78, 5) is 4.01. The summed E-state index contributed by atoms with van der Waals surface area (Å²) in [6, 6.07) is 14.5. The summed E-state index contributed by atoms with van der Waals surface area (Å²) in [5.41, 5.74) is 1.80. The van der Waals surface area contributed by atoms with E-state index in [2.05, 4.69) is 10.3 Å². The Balaban J connectivity index is 1.85. The van der Waals surface area contributed by atoms with Gasteiger partial charge in [-0.15, -0.1) is 0 Å². The van der Waals surface area contributed by atoms with Gasteiger partial charge in [0.05, 0.1) is 6.54 Å². The Labute approximate surface area is 132 Å². The molecule has 2 bridgehead atoms. The molecular weight excluding hydrogens is 296 g/mol. The average molecular weight is 312 g/mol. The third-order valence-corrected chi connectivity index (χ3v) is 4.18. The van der Waals surface area contributed by atoms with E-state index in [0.717, 1.165) is 5.56 Å². The van der Waals surface area contributed by atoms with E-state index in [1.807, 2.05) is 30.3 Å². The first-order valence-electron chi connectivity index (χ1n) is 7.37. The van der Waals surface area contributed by atoms with E-state index in [1.54, 1.807) is 18.2 Å². The smallest absolute Gasteiger partial charge is 0.298 e. The fraction of sp³-hybridized carbons (Fsp3) is 0.235. The van der Waals surface area contributed by atoms with Gasteiger partial charge in [0, 0.05) is 12.1 Å². The van der Waals surface area contributed by atoms with Gasteiger partial charge in [-0.1, -0.05) is 36.4 Å². The molecule has 2 aliphatic heterocycles. The summed E-state index contributed by atoms with van der Waals surface area (Å²) in [5, 5.41) is 34.9. The third-order valence-electron chi connectivity index (χ3n) is 4.18. The van der Waals surface area contributed by atoms with Gasteiger partial charge >= 0.3 is 0 Å². The number of benzene rings is 2. The number of amidine groups is 1. The lowest BCUT2D eigenvalue weighted by Gasteiger charge is -2.36. The molecule has 2 aromatic rings. The molecule has 0 aliphatic carbocycles. The monoisotopic (exact) mass is 312 g/mol. The first-order valence-corrected chi connectivity index (χ1v) is 7.37. The van der Waals surface area contributed by atoms with E-state index >= 15 is 0 Å². The van der Waals surface area contributed by atoms with Crippen molar-refractivity contribution in [1.29, 1.82) is 0 Å². The summed E-state index contributed by atoms with van der Waals surface area (Å²) in [6.07, 6.45) is 0. The number of hydrogen-bond acceptors (Lipinski definition) is 6. The number of aliphatic hydroxyl groups is 3. The first kappa shape index (κ1) is 14.2. The zero-order valence-corrected chi connectivity index (χ0v) is 12.2. The second kappa shape index (κ2) is 4.79. The molecule has 2 aliphatic rings. The lowest BCUT2D eigenvalue weighted by Crippen LogP contribution is -2.62. The molecule has 1 atom stereocenters. The zero-order valence-electron chi connectivity index (χ0n) is 12.2.